The number of carbonyl (C=O) groups is 1. The number of rotatable bonds is 5. The van der Waals surface area contributed by atoms with E-state index in [-0.39, 0.29) is 35.6 Å². The average molecular weight is 366 g/mol. The Kier molecular flexibility index (Phi) is 6.79. The molecule has 130 valence electrons. The molecule has 6 nitrogen and oxygen atoms in total. The van der Waals surface area contributed by atoms with Gasteiger partial charge in [0, 0.05) is 24.7 Å². The average Bonchev–Trinajstić information content (AvgIpc) is 2.87. The normalized spacial score (nSPS) is 17.7. The Morgan fingerprint density at radius 2 is 2.13 bits per heavy atom. The molecule has 1 saturated heterocycles. The molecule has 1 aliphatic heterocycles. The number of amides is 1. The second-order valence-corrected chi connectivity index (χ2v) is 7.17. The molecule has 1 aromatic rings. The van der Waals surface area contributed by atoms with Crippen LogP contribution in [0.1, 0.15) is 23.2 Å². The van der Waals surface area contributed by atoms with Crippen LogP contribution in [0.5, 0.6) is 0 Å². The van der Waals surface area contributed by atoms with Gasteiger partial charge in [-0.1, -0.05) is 0 Å². The molecule has 0 bridgehead atoms. The summed E-state index contributed by atoms with van der Waals surface area (Å²) in [5, 5.41) is 3.05. The van der Waals surface area contributed by atoms with Gasteiger partial charge in [-0.25, -0.2) is 12.8 Å². The predicted molar refractivity (Wildman–Crippen MR) is 90.1 cm³/mol. The van der Waals surface area contributed by atoms with Crippen LogP contribution in [-0.4, -0.2) is 51.7 Å². The van der Waals surface area contributed by atoms with E-state index in [4.69, 9.17) is 0 Å². The van der Waals surface area contributed by atoms with Gasteiger partial charge in [-0.15, -0.1) is 12.4 Å². The van der Waals surface area contributed by atoms with Crippen LogP contribution in [0.2, 0.25) is 0 Å². The molecular weight excluding hydrogens is 345 g/mol. The van der Waals surface area contributed by atoms with Gasteiger partial charge in [-0.2, -0.15) is 0 Å². The van der Waals surface area contributed by atoms with Crippen LogP contribution in [0.15, 0.2) is 18.2 Å². The van der Waals surface area contributed by atoms with Gasteiger partial charge in [0.15, 0.2) is 0 Å². The predicted octanol–water partition coefficient (Wildman–Crippen LogP) is 1.44. The number of carbonyl (C=O) groups excluding carboxylic acids is 1. The Labute approximate surface area is 141 Å². The highest BCUT2D eigenvalue weighted by Gasteiger charge is 2.29. The van der Waals surface area contributed by atoms with Gasteiger partial charge in [0.2, 0.25) is 10.0 Å². The summed E-state index contributed by atoms with van der Waals surface area (Å²) in [5.74, 6) is -0.926. The van der Waals surface area contributed by atoms with E-state index in [1.165, 1.54) is 12.1 Å². The van der Waals surface area contributed by atoms with Gasteiger partial charge in [0.25, 0.3) is 5.91 Å². The van der Waals surface area contributed by atoms with E-state index in [1.807, 2.05) is 7.05 Å². The smallest absolute Gasteiger partial charge is 0.254 e. The highest BCUT2D eigenvalue weighted by Crippen LogP contribution is 2.23. The fourth-order valence-corrected chi connectivity index (χ4v) is 3.21. The standard InChI is InChI=1S/C14H20FN3O3S.ClH/c1-16-9-11-4-3-7-18(11)14(19)10-5-6-12(15)13(8-10)17-22(2,20)21;/h5-6,8,11,16-17H,3-4,7,9H2,1-2H3;1H. The highest BCUT2D eigenvalue weighted by atomic mass is 35.5. The summed E-state index contributed by atoms with van der Waals surface area (Å²) in [7, 11) is -1.78. The molecule has 0 aromatic heterocycles. The number of halogens is 2. The molecule has 9 heteroatoms. The quantitative estimate of drug-likeness (QED) is 0.827. The van der Waals surface area contributed by atoms with Gasteiger partial charge in [-0.3, -0.25) is 9.52 Å². The minimum atomic E-state index is -3.61. The molecule has 23 heavy (non-hydrogen) atoms. The number of nitrogens with zero attached hydrogens (tertiary/aromatic N) is 1. The summed E-state index contributed by atoms with van der Waals surface area (Å²) in [6.07, 6.45) is 2.78. The van der Waals surface area contributed by atoms with Gasteiger partial charge < -0.3 is 10.2 Å². The molecule has 1 fully saturated rings. The molecule has 1 heterocycles. The number of benzene rings is 1. The van der Waals surface area contributed by atoms with E-state index in [0.29, 0.717) is 13.1 Å². The molecule has 0 saturated carbocycles. The van der Waals surface area contributed by atoms with Gasteiger partial charge in [-0.05, 0) is 38.1 Å². The topological polar surface area (TPSA) is 78.5 Å². The zero-order chi connectivity index (χ0) is 16.3. The maximum atomic E-state index is 13.7. The third-order valence-electron chi connectivity index (χ3n) is 3.59. The number of hydrogen-bond donors (Lipinski definition) is 2. The molecule has 0 radical (unpaired) electrons. The second-order valence-electron chi connectivity index (χ2n) is 5.42. The largest absolute Gasteiger partial charge is 0.334 e. The lowest BCUT2D eigenvalue weighted by Crippen LogP contribution is -2.40. The maximum Gasteiger partial charge on any atom is 0.254 e. The first-order chi connectivity index (χ1) is 10.3. The summed E-state index contributed by atoms with van der Waals surface area (Å²) in [6.45, 7) is 1.35. The van der Waals surface area contributed by atoms with Crippen molar-refractivity contribution in [2.24, 2.45) is 0 Å². The van der Waals surface area contributed by atoms with E-state index in [0.717, 1.165) is 25.2 Å². The molecule has 2 rings (SSSR count). The molecule has 1 amide bonds. The number of sulfonamides is 1. The summed E-state index contributed by atoms with van der Waals surface area (Å²) in [5.41, 5.74) is 0.0632. The first-order valence-corrected chi connectivity index (χ1v) is 8.94. The van der Waals surface area contributed by atoms with Crippen molar-refractivity contribution >= 4 is 34.0 Å². The number of hydrogen-bond acceptors (Lipinski definition) is 4. The Hall–Kier alpha value is -1.38. The molecular formula is C14H21ClFN3O3S. The third kappa shape index (κ3) is 5.05. The molecule has 1 aliphatic rings. The number of nitrogens with one attached hydrogen (secondary N) is 2. The number of likely N-dealkylation sites (N-methyl/N-ethyl adjacent to an activating group) is 1. The number of likely N-dealkylation sites (tertiary alicyclic amines) is 1. The molecule has 0 aliphatic carbocycles. The van der Waals surface area contributed by atoms with Crippen LogP contribution >= 0.6 is 12.4 Å². The van der Waals surface area contributed by atoms with E-state index in [2.05, 4.69) is 10.0 Å². The third-order valence-corrected chi connectivity index (χ3v) is 4.18. The van der Waals surface area contributed by atoms with Crippen LogP contribution in [-0.2, 0) is 10.0 Å². The Balaban J connectivity index is 0.00000264. The van der Waals surface area contributed by atoms with Crippen molar-refractivity contribution in [2.45, 2.75) is 18.9 Å². The lowest BCUT2D eigenvalue weighted by molar-refractivity contribution is 0.0737. The van der Waals surface area contributed by atoms with Crippen LogP contribution in [0, 0.1) is 5.82 Å². The lowest BCUT2D eigenvalue weighted by atomic mass is 10.1. The van der Waals surface area contributed by atoms with E-state index >= 15 is 0 Å². The Morgan fingerprint density at radius 1 is 1.43 bits per heavy atom. The second kappa shape index (κ2) is 7.94. The minimum absolute atomic E-state index is 0. The summed E-state index contributed by atoms with van der Waals surface area (Å²) in [4.78, 5) is 14.3. The first kappa shape index (κ1) is 19.7. The van der Waals surface area contributed by atoms with E-state index in [9.17, 15) is 17.6 Å². The Bertz CT molecular complexity index is 669. The summed E-state index contributed by atoms with van der Waals surface area (Å²) >= 11 is 0. The van der Waals surface area contributed by atoms with Crippen LogP contribution in [0.4, 0.5) is 10.1 Å². The van der Waals surface area contributed by atoms with Crippen molar-refractivity contribution in [3.8, 4) is 0 Å². The maximum absolute atomic E-state index is 13.7. The van der Waals surface area contributed by atoms with Crippen LogP contribution in [0.3, 0.4) is 0 Å². The van der Waals surface area contributed by atoms with Crippen molar-refractivity contribution < 1.29 is 17.6 Å². The van der Waals surface area contributed by atoms with Crippen molar-refractivity contribution in [3.63, 3.8) is 0 Å². The SMILES string of the molecule is CNCC1CCCN1C(=O)c1ccc(F)c(NS(C)(=O)=O)c1.Cl. The number of anilines is 1. The van der Waals surface area contributed by atoms with Crippen LogP contribution in [0.25, 0.3) is 0 Å². The zero-order valence-electron chi connectivity index (χ0n) is 13.0. The van der Waals surface area contributed by atoms with Crippen molar-refractivity contribution in [1.29, 1.82) is 0 Å². The zero-order valence-corrected chi connectivity index (χ0v) is 14.6. The summed E-state index contributed by atoms with van der Waals surface area (Å²) < 4.78 is 38.3. The van der Waals surface area contributed by atoms with Crippen LogP contribution < -0.4 is 10.0 Å². The molecule has 2 N–H and O–H groups in total. The first-order valence-electron chi connectivity index (χ1n) is 7.04. The molecule has 0 spiro atoms. The molecule has 1 atom stereocenters. The van der Waals surface area contributed by atoms with E-state index < -0.39 is 15.8 Å². The fraction of sp³-hybridized carbons (Fsp3) is 0.500. The van der Waals surface area contributed by atoms with Gasteiger partial charge in [0.1, 0.15) is 5.82 Å². The fourth-order valence-electron chi connectivity index (χ4n) is 2.65. The monoisotopic (exact) mass is 365 g/mol. The van der Waals surface area contributed by atoms with Gasteiger partial charge in [0.05, 0.1) is 11.9 Å². The molecule has 1 unspecified atom stereocenters. The lowest BCUT2D eigenvalue weighted by Gasteiger charge is -2.24. The highest BCUT2D eigenvalue weighted by molar-refractivity contribution is 7.92. The molecule has 1 aromatic carbocycles. The van der Waals surface area contributed by atoms with Crippen molar-refractivity contribution in [3.05, 3.63) is 29.6 Å². The minimum Gasteiger partial charge on any atom is -0.334 e. The van der Waals surface area contributed by atoms with E-state index in [1.54, 1.807) is 4.90 Å². The summed E-state index contributed by atoms with van der Waals surface area (Å²) in [6, 6.07) is 3.82. The van der Waals surface area contributed by atoms with Crippen molar-refractivity contribution in [2.75, 3.05) is 31.1 Å². The Morgan fingerprint density at radius 3 is 2.74 bits per heavy atom. The van der Waals surface area contributed by atoms with Gasteiger partial charge >= 0.3 is 0 Å². The van der Waals surface area contributed by atoms with Crippen molar-refractivity contribution in [1.82, 2.24) is 10.2 Å².